The van der Waals surface area contributed by atoms with Gasteiger partial charge in [0.25, 0.3) is 0 Å². The van der Waals surface area contributed by atoms with E-state index < -0.39 is 22.2 Å². The second-order valence-electron chi connectivity index (χ2n) is 5.07. The molecule has 0 radical (unpaired) electrons. The van der Waals surface area contributed by atoms with E-state index >= 15 is 0 Å². The molecule has 0 amide bonds. The summed E-state index contributed by atoms with van der Waals surface area (Å²) >= 11 is 0. The molecule has 1 aromatic rings. The number of hydrogen-bond acceptors (Lipinski definition) is 4. The van der Waals surface area contributed by atoms with Gasteiger partial charge in [-0.3, -0.25) is 0 Å². The molecule has 1 rings (SSSR count). The van der Waals surface area contributed by atoms with Crippen LogP contribution in [-0.2, 0) is 10.0 Å². The van der Waals surface area contributed by atoms with E-state index in [0.29, 0.717) is 0 Å². The zero-order chi connectivity index (χ0) is 14.5. The number of aliphatic hydroxyl groups is 2. The van der Waals surface area contributed by atoms with Gasteiger partial charge < -0.3 is 10.2 Å². The molecule has 108 valence electrons. The van der Waals surface area contributed by atoms with Gasteiger partial charge in [-0.25, -0.2) is 13.1 Å². The second kappa shape index (κ2) is 6.47. The van der Waals surface area contributed by atoms with Crippen molar-refractivity contribution in [1.29, 1.82) is 0 Å². The summed E-state index contributed by atoms with van der Waals surface area (Å²) in [6.45, 7) is 2.51. The molecule has 0 aliphatic carbocycles. The lowest BCUT2D eigenvalue weighted by Gasteiger charge is -2.21. The normalized spacial score (nSPS) is 16.8. The number of nitrogens with one attached hydrogen (secondary N) is 1. The van der Waals surface area contributed by atoms with Crippen LogP contribution in [0.25, 0.3) is 0 Å². The van der Waals surface area contributed by atoms with Crippen LogP contribution >= 0.6 is 0 Å². The minimum Gasteiger partial charge on any atom is -0.393 e. The summed E-state index contributed by atoms with van der Waals surface area (Å²) in [6, 6.07) is 9.36. The van der Waals surface area contributed by atoms with Gasteiger partial charge in [0, 0.05) is 6.54 Å². The van der Waals surface area contributed by atoms with Crippen LogP contribution in [0.1, 0.15) is 25.3 Å². The SMILES string of the molecule is CC(CS(=O)(=O)NCC(C)(O)CO)c1ccccc1. The minimum absolute atomic E-state index is 0.0570. The first-order chi connectivity index (χ1) is 8.76. The highest BCUT2D eigenvalue weighted by Crippen LogP contribution is 2.16. The lowest BCUT2D eigenvalue weighted by molar-refractivity contribution is 0.00681. The number of benzene rings is 1. The average Bonchev–Trinajstić information content (AvgIpc) is 2.37. The number of rotatable bonds is 7. The molecular weight excluding hydrogens is 266 g/mol. The van der Waals surface area contributed by atoms with Crippen LogP contribution in [0.2, 0.25) is 0 Å². The molecule has 0 spiro atoms. The van der Waals surface area contributed by atoms with Gasteiger partial charge in [0.15, 0.2) is 0 Å². The van der Waals surface area contributed by atoms with Crippen molar-refractivity contribution in [3.05, 3.63) is 35.9 Å². The summed E-state index contributed by atoms with van der Waals surface area (Å²) in [7, 11) is -3.49. The summed E-state index contributed by atoms with van der Waals surface area (Å²) in [4.78, 5) is 0. The van der Waals surface area contributed by atoms with Crippen molar-refractivity contribution in [2.75, 3.05) is 18.9 Å². The average molecular weight is 287 g/mol. The van der Waals surface area contributed by atoms with Crippen LogP contribution in [0.5, 0.6) is 0 Å². The van der Waals surface area contributed by atoms with Crippen LogP contribution in [0, 0.1) is 0 Å². The molecule has 0 aromatic heterocycles. The predicted molar refractivity (Wildman–Crippen MR) is 74.4 cm³/mol. The van der Waals surface area contributed by atoms with E-state index in [1.807, 2.05) is 37.3 Å². The van der Waals surface area contributed by atoms with Gasteiger partial charge in [0.2, 0.25) is 10.0 Å². The van der Waals surface area contributed by atoms with Gasteiger partial charge in [-0.1, -0.05) is 37.3 Å². The van der Waals surface area contributed by atoms with Gasteiger partial charge in [-0.2, -0.15) is 0 Å². The van der Waals surface area contributed by atoms with Crippen molar-refractivity contribution in [2.24, 2.45) is 0 Å². The summed E-state index contributed by atoms with van der Waals surface area (Å²) in [6.07, 6.45) is 0. The molecule has 19 heavy (non-hydrogen) atoms. The maximum Gasteiger partial charge on any atom is 0.212 e. The molecule has 0 saturated heterocycles. The lowest BCUT2D eigenvalue weighted by Crippen LogP contribution is -2.44. The molecule has 1 aromatic carbocycles. The molecule has 0 fully saturated rings. The molecule has 0 saturated carbocycles. The van der Waals surface area contributed by atoms with Crippen LogP contribution < -0.4 is 4.72 Å². The second-order valence-corrected chi connectivity index (χ2v) is 6.92. The van der Waals surface area contributed by atoms with Crippen LogP contribution in [-0.4, -0.2) is 43.1 Å². The number of hydrogen-bond donors (Lipinski definition) is 3. The maximum absolute atomic E-state index is 11.9. The Balaban J connectivity index is 2.60. The maximum atomic E-state index is 11.9. The van der Waals surface area contributed by atoms with Crippen LogP contribution in [0.3, 0.4) is 0 Å². The highest BCUT2D eigenvalue weighted by atomic mass is 32.2. The largest absolute Gasteiger partial charge is 0.393 e. The van der Waals surface area contributed by atoms with E-state index in [2.05, 4.69) is 4.72 Å². The third-order valence-electron chi connectivity index (χ3n) is 2.85. The van der Waals surface area contributed by atoms with Crippen molar-refractivity contribution >= 4 is 10.0 Å². The van der Waals surface area contributed by atoms with E-state index in [-0.39, 0.29) is 18.2 Å². The van der Waals surface area contributed by atoms with Crippen molar-refractivity contribution in [3.8, 4) is 0 Å². The number of sulfonamides is 1. The van der Waals surface area contributed by atoms with Gasteiger partial charge in [0.1, 0.15) is 0 Å². The first-order valence-corrected chi connectivity index (χ1v) is 7.76. The Morgan fingerprint density at radius 1 is 1.32 bits per heavy atom. The fourth-order valence-electron chi connectivity index (χ4n) is 1.59. The highest BCUT2D eigenvalue weighted by molar-refractivity contribution is 7.89. The van der Waals surface area contributed by atoms with E-state index in [4.69, 9.17) is 5.11 Å². The number of aliphatic hydroxyl groups excluding tert-OH is 1. The fraction of sp³-hybridized carbons (Fsp3) is 0.538. The third kappa shape index (κ3) is 5.69. The molecule has 2 atom stereocenters. The summed E-state index contributed by atoms with van der Waals surface area (Å²) in [5, 5.41) is 18.4. The molecule has 2 unspecified atom stereocenters. The van der Waals surface area contributed by atoms with Crippen molar-refractivity contribution in [2.45, 2.75) is 25.4 Å². The molecule has 6 heteroatoms. The molecule has 0 aliphatic rings. The Hall–Kier alpha value is -0.950. The summed E-state index contributed by atoms with van der Waals surface area (Å²) < 4.78 is 26.1. The molecule has 3 N–H and O–H groups in total. The third-order valence-corrected chi connectivity index (χ3v) is 4.37. The van der Waals surface area contributed by atoms with E-state index in [1.165, 1.54) is 6.92 Å². The Kier molecular flexibility index (Phi) is 5.49. The molecule has 0 aliphatic heterocycles. The molecular formula is C13H21NO4S. The van der Waals surface area contributed by atoms with Crippen molar-refractivity contribution in [3.63, 3.8) is 0 Å². The predicted octanol–water partition coefficient (Wildman–Crippen LogP) is 0.453. The van der Waals surface area contributed by atoms with E-state index in [0.717, 1.165) is 5.56 Å². The molecule has 0 heterocycles. The lowest BCUT2D eigenvalue weighted by atomic mass is 10.0. The molecule has 0 bridgehead atoms. The van der Waals surface area contributed by atoms with Gasteiger partial charge in [-0.05, 0) is 18.4 Å². The Labute approximate surface area is 114 Å². The zero-order valence-corrected chi connectivity index (χ0v) is 12.0. The topological polar surface area (TPSA) is 86.6 Å². The first-order valence-electron chi connectivity index (χ1n) is 6.11. The summed E-state index contributed by atoms with van der Waals surface area (Å²) in [5.41, 5.74) is -0.495. The van der Waals surface area contributed by atoms with E-state index in [1.54, 1.807) is 0 Å². The smallest absolute Gasteiger partial charge is 0.212 e. The fourth-order valence-corrected chi connectivity index (χ4v) is 3.09. The monoisotopic (exact) mass is 287 g/mol. The van der Waals surface area contributed by atoms with Crippen LogP contribution in [0.15, 0.2) is 30.3 Å². The molecule has 5 nitrogen and oxygen atoms in total. The van der Waals surface area contributed by atoms with E-state index in [9.17, 15) is 13.5 Å². The summed E-state index contributed by atoms with van der Waals surface area (Å²) in [5.74, 6) is -0.198. The highest BCUT2D eigenvalue weighted by Gasteiger charge is 2.23. The van der Waals surface area contributed by atoms with Crippen molar-refractivity contribution < 1.29 is 18.6 Å². The van der Waals surface area contributed by atoms with Crippen molar-refractivity contribution in [1.82, 2.24) is 4.72 Å². The van der Waals surface area contributed by atoms with Gasteiger partial charge in [-0.15, -0.1) is 0 Å². The standard InChI is InChI=1S/C13H21NO4S/c1-11(12-6-4-3-5-7-12)8-19(17,18)14-9-13(2,16)10-15/h3-7,11,14-16H,8-10H2,1-2H3. The minimum atomic E-state index is -3.49. The van der Waals surface area contributed by atoms with Crippen LogP contribution in [0.4, 0.5) is 0 Å². The van der Waals surface area contributed by atoms with Gasteiger partial charge >= 0.3 is 0 Å². The van der Waals surface area contributed by atoms with Gasteiger partial charge in [0.05, 0.1) is 18.0 Å². The Morgan fingerprint density at radius 2 is 1.89 bits per heavy atom. The Bertz CT molecular complexity index is 485. The Morgan fingerprint density at radius 3 is 2.42 bits per heavy atom. The zero-order valence-electron chi connectivity index (χ0n) is 11.2. The quantitative estimate of drug-likeness (QED) is 0.679. The first kappa shape index (κ1) is 16.1.